The Kier molecular flexibility index (Phi) is 5.99. The molecule has 0 unspecified atom stereocenters. The molecule has 29 heavy (non-hydrogen) atoms. The number of rotatable bonds is 5. The number of hydrogen-bond acceptors (Lipinski definition) is 2. The van der Waals surface area contributed by atoms with Crippen molar-refractivity contribution in [2.75, 3.05) is 5.32 Å². The van der Waals surface area contributed by atoms with Crippen LogP contribution in [-0.2, 0) is 11.2 Å². The number of nitrogens with one attached hydrogen (secondary N) is 1. The number of nitriles is 1. The molecule has 0 aliphatic rings. The van der Waals surface area contributed by atoms with Crippen LogP contribution in [0.15, 0.2) is 60.2 Å². The van der Waals surface area contributed by atoms with Crippen LogP contribution in [0.4, 0.5) is 5.69 Å². The number of aromatic nitrogens is 1. The van der Waals surface area contributed by atoms with E-state index in [1.165, 1.54) is 5.56 Å². The molecule has 3 aromatic rings. The van der Waals surface area contributed by atoms with E-state index >= 15 is 0 Å². The summed E-state index contributed by atoms with van der Waals surface area (Å²) < 4.78 is 2.14. The molecule has 1 amide bonds. The normalized spacial score (nSPS) is 11.2. The van der Waals surface area contributed by atoms with E-state index in [9.17, 15) is 10.1 Å². The van der Waals surface area contributed by atoms with Crippen molar-refractivity contribution >= 4 is 17.7 Å². The smallest absolute Gasteiger partial charge is 0.266 e. The van der Waals surface area contributed by atoms with Crippen LogP contribution in [-0.4, -0.2) is 10.5 Å². The Bertz CT molecular complexity index is 1110. The summed E-state index contributed by atoms with van der Waals surface area (Å²) in [4.78, 5) is 12.6. The van der Waals surface area contributed by atoms with Gasteiger partial charge in [-0.05, 0) is 74.2 Å². The highest BCUT2D eigenvalue weighted by atomic mass is 16.1. The monoisotopic (exact) mass is 383 g/mol. The Morgan fingerprint density at radius 1 is 1.10 bits per heavy atom. The van der Waals surface area contributed by atoms with E-state index in [0.717, 1.165) is 34.6 Å². The zero-order valence-electron chi connectivity index (χ0n) is 17.3. The van der Waals surface area contributed by atoms with Crippen molar-refractivity contribution in [2.45, 2.75) is 34.1 Å². The highest BCUT2D eigenvalue weighted by Crippen LogP contribution is 2.24. The minimum absolute atomic E-state index is 0.0785. The number of para-hydroxylation sites is 1. The number of hydrogen-bond donors (Lipinski definition) is 1. The fourth-order valence-electron chi connectivity index (χ4n) is 3.42. The number of nitrogens with zero attached hydrogens (tertiary/aromatic N) is 2. The van der Waals surface area contributed by atoms with E-state index in [0.29, 0.717) is 5.69 Å². The van der Waals surface area contributed by atoms with E-state index in [4.69, 9.17) is 0 Å². The zero-order chi connectivity index (χ0) is 21.0. The topological polar surface area (TPSA) is 57.8 Å². The predicted molar refractivity (Wildman–Crippen MR) is 118 cm³/mol. The summed E-state index contributed by atoms with van der Waals surface area (Å²) in [5, 5.41) is 12.4. The minimum atomic E-state index is -0.404. The maximum atomic E-state index is 12.6. The predicted octanol–water partition coefficient (Wildman–Crippen LogP) is 5.51. The van der Waals surface area contributed by atoms with E-state index in [-0.39, 0.29) is 5.57 Å². The summed E-state index contributed by atoms with van der Waals surface area (Å²) in [5.41, 5.74) is 6.99. The molecule has 0 aliphatic carbocycles. The maximum absolute atomic E-state index is 12.6. The number of amides is 1. The molecule has 0 fully saturated rings. The third-order valence-electron chi connectivity index (χ3n) is 5.13. The Hall–Kier alpha value is -3.58. The fraction of sp³-hybridized carbons (Fsp3) is 0.200. The van der Waals surface area contributed by atoms with Crippen molar-refractivity contribution in [1.29, 1.82) is 5.26 Å². The first-order valence-corrected chi connectivity index (χ1v) is 9.71. The van der Waals surface area contributed by atoms with Crippen LogP contribution in [0.5, 0.6) is 0 Å². The summed E-state index contributed by atoms with van der Waals surface area (Å²) in [7, 11) is 0. The van der Waals surface area contributed by atoms with Crippen molar-refractivity contribution < 1.29 is 4.79 Å². The summed E-state index contributed by atoms with van der Waals surface area (Å²) in [6.07, 6.45) is 2.66. The van der Waals surface area contributed by atoms with Gasteiger partial charge in [0.05, 0.1) is 0 Å². The molecule has 0 radical (unpaired) electrons. The Morgan fingerprint density at radius 2 is 1.79 bits per heavy atom. The maximum Gasteiger partial charge on any atom is 0.266 e. The second-order valence-electron chi connectivity index (χ2n) is 7.12. The van der Waals surface area contributed by atoms with Gasteiger partial charge in [0.2, 0.25) is 0 Å². The van der Waals surface area contributed by atoms with Crippen molar-refractivity contribution in [1.82, 2.24) is 4.57 Å². The molecule has 0 saturated heterocycles. The van der Waals surface area contributed by atoms with Gasteiger partial charge in [-0.15, -0.1) is 0 Å². The molecule has 1 heterocycles. The molecule has 0 atom stereocenters. The largest absolute Gasteiger partial charge is 0.321 e. The van der Waals surface area contributed by atoms with E-state index in [2.05, 4.69) is 41.1 Å². The first-order chi connectivity index (χ1) is 13.9. The summed E-state index contributed by atoms with van der Waals surface area (Å²) >= 11 is 0. The minimum Gasteiger partial charge on any atom is -0.321 e. The van der Waals surface area contributed by atoms with Gasteiger partial charge in [-0.3, -0.25) is 4.79 Å². The zero-order valence-corrected chi connectivity index (χ0v) is 17.3. The van der Waals surface area contributed by atoms with Gasteiger partial charge in [0.15, 0.2) is 0 Å². The van der Waals surface area contributed by atoms with E-state index in [1.54, 1.807) is 6.08 Å². The van der Waals surface area contributed by atoms with Crippen LogP contribution in [0.1, 0.15) is 35.0 Å². The molecule has 0 aliphatic heterocycles. The van der Waals surface area contributed by atoms with Gasteiger partial charge in [0.1, 0.15) is 11.6 Å². The first kappa shape index (κ1) is 20.2. The molecule has 1 N–H and O–H groups in total. The Morgan fingerprint density at radius 3 is 2.41 bits per heavy atom. The molecule has 4 heteroatoms. The van der Waals surface area contributed by atoms with Crippen LogP contribution in [0.3, 0.4) is 0 Å². The van der Waals surface area contributed by atoms with Crippen molar-refractivity contribution in [3.05, 3.63) is 88.2 Å². The molecule has 4 nitrogen and oxygen atoms in total. The number of carbonyl (C=O) groups is 1. The number of carbonyl (C=O) groups excluding carboxylic acids is 1. The molecule has 3 rings (SSSR count). The number of benzene rings is 2. The highest BCUT2D eigenvalue weighted by Gasteiger charge is 2.14. The van der Waals surface area contributed by atoms with Crippen molar-refractivity contribution in [3.8, 4) is 11.8 Å². The van der Waals surface area contributed by atoms with Gasteiger partial charge < -0.3 is 9.88 Å². The molecule has 1 aromatic heterocycles. The molecular weight excluding hydrogens is 358 g/mol. The average Bonchev–Trinajstić information content (AvgIpc) is 3.00. The van der Waals surface area contributed by atoms with Gasteiger partial charge in [0.25, 0.3) is 5.91 Å². The number of aryl methyl sites for hydroxylation is 3. The lowest BCUT2D eigenvalue weighted by atomic mass is 10.1. The van der Waals surface area contributed by atoms with Gasteiger partial charge in [-0.2, -0.15) is 5.26 Å². The van der Waals surface area contributed by atoms with Crippen molar-refractivity contribution in [2.24, 2.45) is 0 Å². The lowest BCUT2D eigenvalue weighted by Crippen LogP contribution is -2.14. The third kappa shape index (κ3) is 4.30. The molecular formula is C25H25N3O. The second kappa shape index (κ2) is 8.62. The molecule has 2 aromatic carbocycles. The highest BCUT2D eigenvalue weighted by molar-refractivity contribution is 6.10. The van der Waals surface area contributed by atoms with E-state index in [1.807, 2.05) is 57.2 Å². The van der Waals surface area contributed by atoms with Crippen LogP contribution >= 0.6 is 0 Å². The summed E-state index contributed by atoms with van der Waals surface area (Å²) in [5.74, 6) is -0.404. The molecule has 0 spiro atoms. The standard InChI is InChI=1S/C25H25N3O/c1-5-20-10-12-23(13-11-20)28-18(3)14-21(19(28)4)15-22(16-26)25(29)27-24-9-7-6-8-17(24)2/h6-15H,5H2,1-4H3,(H,27,29)/b22-15-. The van der Waals surface area contributed by atoms with Gasteiger partial charge in [-0.1, -0.05) is 37.3 Å². The van der Waals surface area contributed by atoms with E-state index < -0.39 is 5.91 Å². The van der Waals surface area contributed by atoms with Gasteiger partial charge >= 0.3 is 0 Å². The van der Waals surface area contributed by atoms with Gasteiger partial charge in [0, 0.05) is 22.8 Å². The third-order valence-corrected chi connectivity index (χ3v) is 5.13. The van der Waals surface area contributed by atoms with Crippen LogP contribution < -0.4 is 5.32 Å². The summed E-state index contributed by atoms with van der Waals surface area (Å²) in [6.45, 7) is 8.08. The Balaban J connectivity index is 1.93. The lowest BCUT2D eigenvalue weighted by molar-refractivity contribution is -0.112. The van der Waals surface area contributed by atoms with Crippen molar-refractivity contribution in [3.63, 3.8) is 0 Å². The average molecular weight is 383 g/mol. The van der Waals surface area contributed by atoms with Crippen LogP contribution in [0.25, 0.3) is 11.8 Å². The lowest BCUT2D eigenvalue weighted by Gasteiger charge is -2.10. The first-order valence-electron chi connectivity index (χ1n) is 9.71. The molecule has 0 saturated carbocycles. The Labute approximate surface area is 172 Å². The van der Waals surface area contributed by atoms with Crippen LogP contribution in [0, 0.1) is 32.1 Å². The SMILES string of the molecule is CCc1ccc(-n2c(C)cc(/C=C(/C#N)C(=O)Nc3ccccc3C)c2C)cc1. The number of anilines is 1. The molecule has 146 valence electrons. The quantitative estimate of drug-likeness (QED) is 0.466. The fourth-order valence-corrected chi connectivity index (χ4v) is 3.42. The van der Waals surface area contributed by atoms with Crippen LogP contribution in [0.2, 0.25) is 0 Å². The molecule has 0 bridgehead atoms. The second-order valence-corrected chi connectivity index (χ2v) is 7.12. The van der Waals surface area contributed by atoms with Gasteiger partial charge in [-0.25, -0.2) is 0 Å². The summed E-state index contributed by atoms with van der Waals surface area (Å²) in [6, 6.07) is 20.0.